The minimum atomic E-state index is -0.293. The van der Waals surface area contributed by atoms with Gasteiger partial charge >= 0.3 is 68.9 Å². The summed E-state index contributed by atoms with van der Waals surface area (Å²) in [6.07, 6.45) is 0. The van der Waals surface area contributed by atoms with E-state index in [0.717, 1.165) is 0 Å². The monoisotopic (exact) mass is 354 g/mol. The zero-order valence-electron chi connectivity index (χ0n) is 10.6. The summed E-state index contributed by atoms with van der Waals surface area (Å²) in [5.41, 5.74) is 7.86. The molecule has 1 rings (SSSR count). The van der Waals surface area contributed by atoms with E-state index < -0.39 is 0 Å². The molecule has 4 nitrogen and oxygen atoms in total. The SMILES string of the molecule is CCOc1cccc(C(=O)NCC(C)[NH-])c1.[Cs+]. The van der Waals surface area contributed by atoms with Crippen molar-refractivity contribution in [3.63, 3.8) is 0 Å². The molecule has 0 heterocycles. The van der Waals surface area contributed by atoms with Gasteiger partial charge in [0.05, 0.1) is 6.61 Å². The molecule has 5 heteroatoms. The van der Waals surface area contributed by atoms with Crippen molar-refractivity contribution in [3.8, 4) is 5.75 Å². The number of rotatable bonds is 5. The Balaban J connectivity index is 0.00000256. The van der Waals surface area contributed by atoms with Crippen LogP contribution in [-0.2, 0) is 0 Å². The van der Waals surface area contributed by atoms with Gasteiger partial charge in [-0.15, -0.1) is 6.04 Å². The number of ether oxygens (including phenoxy) is 1. The van der Waals surface area contributed by atoms with Gasteiger partial charge in [-0.3, -0.25) is 4.79 Å². The van der Waals surface area contributed by atoms with Gasteiger partial charge in [0.1, 0.15) is 5.75 Å². The smallest absolute Gasteiger partial charge is 0.673 e. The Hall–Kier alpha value is 0.502. The Morgan fingerprint density at radius 3 is 2.82 bits per heavy atom. The quantitative estimate of drug-likeness (QED) is 0.757. The van der Waals surface area contributed by atoms with Crippen molar-refractivity contribution in [1.29, 1.82) is 0 Å². The third-order valence-corrected chi connectivity index (χ3v) is 1.98. The fourth-order valence-corrected chi connectivity index (χ4v) is 1.24. The molecule has 0 fully saturated rings. The van der Waals surface area contributed by atoms with Crippen LogP contribution in [0, 0.1) is 0 Å². The minimum Gasteiger partial charge on any atom is -0.673 e. The van der Waals surface area contributed by atoms with Crippen molar-refractivity contribution < 1.29 is 78.4 Å². The number of amides is 1. The molecule has 0 aliphatic heterocycles. The topological polar surface area (TPSA) is 62.1 Å². The van der Waals surface area contributed by atoms with Crippen LogP contribution in [0.15, 0.2) is 24.3 Å². The van der Waals surface area contributed by atoms with Crippen molar-refractivity contribution in [3.05, 3.63) is 35.6 Å². The van der Waals surface area contributed by atoms with Gasteiger partial charge in [-0.25, -0.2) is 0 Å². The molecule has 0 aliphatic carbocycles. The van der Waals surface area contributed by atoms with Crippen LogP contribution < -0.4 is 78.9 Å². The molecule has 1 unspecified atom stereocenters. The average molecular weight is 354 g/mol. The summed E-state index contributed by atoms with van der Waals surface area (Å²) < 4.78 is 5.31. The summed E-state index contributed by atoms with van der Waals surface area (Å²) in [4.78, 5) is 11.7. The third kappa shape index (κ3) is 6.85. The number of hydrogen-bond donors (Lipinski definition) is 1. The van der Waals surface area contributed by atoms with E-state index in [4.69, 9.17) is 10.5 Å². The van der Waals surface area contributed by atoms with Gasteiger partial charge in [0.25, 0.3) is 5.91 Å². The molecule has 0 saturated carbocycles. The van der Waals surface area contributed by atoms with E-state index in [2.05, 4.69) is 5.32 Å². The summed E-state index contributed by atoms with van der Waals surface area (Å²) in [7, 11) is 0. The maximum Gasteiger partial charge on any atom is 1.00 e. The van der Waals surface area contributed by atoms with E-state index in [9.17, 15) is 4.79 Å². The van der Waals surface area contributed by atoms with Crippen LogP contribution in [0.1, 0.15) is 24.2 Å². The Bertz CT molecular complexity index is 356. The van der Waals surface area contributed by atoms with Gasteiger partial charge in [0, 0.05) is 12.1 Å². The zero-order chi connectivity index (χ0) is 12.0. The number of carbonyl (C=O) groups excluding carboxylic acids is 1. The van der Waals surface area contributed by atoms with Gasteiger partial charge in [0.15, 0.2) is 0 Å². The van der Waals surface area contributed by atoms with Crippen LogP contribution >= 0.6 is 0 Å². The van der Waals surface area contributed by atoms with Crippen LogP contribution in [0.2, 0.25) is 0 Å². The fourth-order valence-electron chi connectivity index (χ4n) is 1.24. The second kappa shape index (κ2) is 9.43. The van der Waals surface area contributed by atoms with Gasteiger partial charge in [0.2, 0.25) is 0 Å². The Morgan fingerprint density at radius 1 is 1.53 bits per heavy atom. The molecule has 0 spiro atoms. The van der Waals surface area contributed by atoms with Gasteiger partial charge in [-0.1, -0.05) is 13.0 Å². The molecule has 1 amide bonds. The largest absolute Gasteiger partial charge is 1.00 e. The molecule has 0 saturated heterocycles. The molecule has 1 aromatic carbocycles. The predicted octanol–water partition coefficient (Wildman–Crippen LogP) is -0.740. The van der Waals surface area contributed by atoms with E-state index in [1.54, 1.807) is 25.1 Å². The normalized spacial score (nSPS) is 11.2. The average Bonchev–Trinajstić information content (AvgIpc) is 2.26. The molecular weight excluding hydrogens is 337 g/mol. The third-order valence-electron chi connectivity index (χ3n) is 1.98. The van der Waals surface area contributed by atoms with Gasteiger partial charge < -0.3 is 15.8 Å². The number of nitrogens with one attached hydrogen (secondary N) is 2. The molecule has 0 aromatic heterocycles. The number of hydrogen-bond acceptors (Lipinski definition) is 2. The van der Waals surface area contributed by atoms with Crippen molar-refractivity contribution in [1.82, 2.24) is 5.32 Å². The van der Waals surface area contributed by atoms with Crippen LogP contribution in [0.4, 0.5) is 0 Å². The molecule has 17 heavy (non-hydrogen) atoms. The summed E-state index contributed by atoms with van der Waals surface area (Å²) >= 11 is 0. The number of benzene rings is 1. The van der Waals surface area contributed by atoms with Gasteiger partial charge in [-0.2, -0.15) is 0 Å². The van der Waals surface area contributed by atoms with Gasteiger partial charge in [-0.05, 0) is 25.1 Å². The summed E-state index contributed by atoms with van der Waals surface area (Å²) in [6, 6.07) is 6.73. The molecule has 1 aromatic rings. The Kier molecular flexibility index (Phi) is 9.71. The van der Waals surface area contributed by atoms with Crippen LogP contribution in [0.5, 0.6) is 5.75 Å². The molecule has 2 N–H and O–H groups in total. The standard InChI is InChI=1S/C12H17N2O2.Cs/c1-3-16-11-6-4-5-10(7-11)12(15)14-8-9(2)13;/h4-7,9,13H,3,8H2,1-2H3,(H,14,15);/q-1;+1. The fraction of sp³-hybridized carbons (Fsp3) is 0.417. The molecule has 88 valence electrons. The summed E-state index contributed by atoms with van der Waals surface area (Å²) in [6.45, 7) is 4.57. The second-order valence-electron chi connectivity index (χ2n) is 3.57. The van der Waals surface area contributed by atoms with Crippen molar-refractivity contribution in [2.75, 3.05) is 13.2 Å². The Morgan fingerprint density at radius 2 is 2.24 bits per heavy atom. The summed E-state index contributed by atoms with van der Waals surface area (Å²) in [5.74, 6) is 0.523. The van der Waals surface area contributed by atoms with E-state index >= 15 is 0 Å². The van der Waals surface area contributed by atoms with E-state index in [1.807, 2.05) is 13.0 Å². The first-order valence-corrected chi connectivity index (χ1v) is 5.35. The first-order valence-electron chi connectivity index (χ1n) is 5.35. The van der Waals surface area contributed by atoms with E-state index in [-0.39, 0.29) is 80.8 Å². The van der Waals surface area contributed by atoms with Crippen LogP contribution in [0.25, 0.3) is 5.73 Å². The van der Waals surface area contributed by atoms with E-state index in [0.29, 0.717) is 24.5 Å². The molecule has 0 bridgehead atoms. The maximum atomic E-state index is 11.7. The molecular formula is C12H17CsN2O2. The predicted molar refractivity (Wildman–Crippen MR) is 63.7 cm³/mol. The first-order chi connectivity index (χ1) is 7.63. The maximum absolute atomic E-state index is 11.7. The van der Waals surface area contributed by atoms with Crippen LogP contribution in [-0.4, -0.2) is 25.1 Å². The second-order valence-corrected chi connectivity index (χ2v) is 3.57. The zero-order valence-corrected chi connectivity index (χ0v) is 16.9. The number of carbonyl (C=O) groups is 1. The first kappa shape index (κ1) is 17.5. The van der Waals surface area contributed by atoms with Crippen molar-refractivity contribution in [2.45, 2.75) is 19.9 Å². The minimum absolute atomic E-state index is 0. The van der Waals surface area contributed by atoms with Crippen molar-refractivity contribution in [2.24, 2.45) is 0 Å². The molecule has 1 atom stereocenters. The van der Waals surface area contributed by atoms with E-state index in [1.165, 1.54) is 0 Å². The molecule has 0 aliphatic rings. The Labute approximate surface area is 161 Å². The van der Waals surface area contributed by atoms with Crippen LogP contribution in [0.3, 0.4) is 0 Å². The van der Waals surface area contributed by atoms with Crippen molar-refractivity contribution >= 4 is 5.91 Å². The summed E-state index contributed by atoms with van der Waals surface area (Å²) in [5, 5.41) is 2.69. The molecule has 0 radical (unpaired) electrons.